The Morgan fingerprint density at radius 2 is 1.89 bits per heavy atom. The lowest BCUT2D eigenvalue weighted by Gasteiger charge is -2.29. The van der Waals surface area contributed by atoms with E-state index >= 15 is 0 Å². The molecular weight excluding hydrogens is 360 g/mol. The van der Waals surface area contributed by atoms with Crippen LogP contribution in [0.5, 0.6) is 5.75 Å². The zero-order valence-electron chi connectivity index (χ0n) is 15.9. The van der Waals surface area contributed by atoms with E-state index in [4.69, 9.17) is 4.74 Å². The molecule has 1 amide bonds. The maximum atomic E-state index is 13.2. The SMILES string of the molecule is COc1ccc(CC(=O)N2C[C@@H]3CNC[C@@H]3[C@H]2c2ccccc2C)cc1.Cl. The Balaban J connectivity index is 0.00000210. The van der Waals surface area contributed by atoms with Gasteiger partial charge in [0.15, 0.2) is 0 Å². The molecule has 2 aromatic rings. The van der Waals surface area contributed by atoms with Gasteiger partial charge in [0.2, 0.25) is 5.91 Å². The second kappa shape index (κ2) is 8.32. The van der Waals surface area contributed by atoms with Gasteiger partial charge in [-0.1, -0.05) is 36.4 Å². The molecule has 0 bridgehead atoms. The monoisotopic (exact) mass is 386 g/mol. The number of aryl methyl sites for hydroxylation is 1. The van der Waals surface area contributed by atoms with Crippen LogP contribution in [-0.2, 0) is 11.2 Å². The fourth-order valence-corrected chi connectivity index (χ4v) is 4.51. The number of hydrogen-bond acceptors (Lipinski definition) is 3. The summed E-state index contributed by atoms with van der Waals surface area (Å²) in [5.74, 6) is 2.11. The van der Waals surface area contributed by atoms with Crippen molar-refractivity contribution in [3.8, 4) is 5.75 Å². The highest BCUT2D eigenvalue weighted by Gasteiger charge is 2.46. The number of ether oxygens (including phenoxy) is 1. The number of nitrogens with one attached hydrogen (secondary N) is 1. The van der Waals surface area contributed by atoms with Crippen molar-refractivity contribution in [1.29, 1.82) is 0 Å². The number of carbonyl (C=O) groups is 1. The second-order valence-electron chi connectivity index (χ2n) is 7.45. The van der Waals surface area contributed by atoms with Gasteiger partial charge >= 0.3 is 0 Å². The minimum Gasteiger partial charge on any atom is -0.497 e. The molecule has 2 fully saturated rings. The van der Waals surface area contributed by atoms with Crippen molar-refractivity contribution in [2.45, 2.75) is 19.4 Å². The van der Waals surface area contributed by atoms with Gasteiger partial charge < -0.3 is 15.0 Å². The summed E-state index contributed by atoms with van der Waals surface area (Å²) >= 11 is 0. The molecule has 0 spiro atoms. The zero-order valence-corrected chi connectivity index (χ0v) is 16.7. The van der Waals surface area contributed by atoms with Gasteiger partial charge in [-0.25, -0.2) is 0 Å². The average Bonchev–Trinajstić information content (AvgIpc) is 3.24. The van der Waals surface area contributed by atoms with Crippen molar-refractivity contribution < 1.29 is 9.53 Å². The molecule has 2 saturated heterocycles. The average molecular weight is 387 g/mol. The van der Waals surface area contributed by atoms with Crippen molar-refractivity contribution in [1.82, 2.24) is 10.2 Å². The third-order valence-corrected chi connectivity index (χ3v) is 5.91. The normalized spacial score (nSPS) is 23.6. The maximum Gasteiger partial charge on any atom is 0.227 e. The van der Waals surface area contributed by atoms with Crippen LogP contribution in [-0.4, -0.2) is 37.6 Å². The van der Waals surface area contributed by atoms with Gasteiger partial charge in [-0.2, -0.15) is 0 Å². The number of carbonyl (C=O) groups excluding carboxylic acids is 1. The first kappa shape index (κ1) is 19.7. The van der Waals surface area contributed by atoms with Crippen LogP contribution in [0.15, 0.2) is 48.5 Å². The van der Waals surface area contributed by atoms with E-state index in [1.807, 2.05) is 24.3 Å². The van der Waals surface area contributed by atoms with E-state index in [-0.39, 0.29) is 24.4 Å². The number of benzene rings is 2. The van der Waals surface area contributed by atoms with Crippen LogP contribution < -0.4 is 10.1 Å². The van der Waals surface area contributed by atoms with Gasteiger partial charge in [-0.15, -0.1) is 12.4 Å². The van der Waals surface area contributed by atoms with Crippen LogP contribution in [0, 0.1) is 18.8 Å². The van der Waals surface area contributed by atoms with E-state index in [1.165, 1.54) is 11.1 Å². The molecule has 0 radical (unpaired) electrons. The molecule has 0 aliphatic carbocycles. The third kappa shape index (κ3) is 3.83. The number of nitrogens with zero attached hydrogens (tertiary/aromatic N) is 1. The number of amides is 1. The van der Waals surface area contributed by atoms with E-state index < -0.39 is 0 Å². The van der Waals surface area contributed by atoms with Crippen LogP contribution in [0.4, 0.5) is 0 Å². The molecule has 27 heavy (non-hydrogen) atoms. The Morgan fingerprint density at radius 1 is 1.15 bits per heavy atom. The quantitative estimate of drug-likeness (QED) is 0.875. The van der Waals surface area contributed by atoms with E-state index in [0.29, 0.717) is 18.3 Å². The summed E-state index contributed by atoms with van der Waals surface area (Å²) in [4.78, 5) is 15.3. The Labute approximate surface area is 167 Å². The first-order chi connectivity index (χ1) is 12.7. The fraction of sp³-hybridized carbons (Fsp3) is 0.409. The van der Waals surface area contributed by atoms with Gasteiger partial charge in [-0.3, -0.25) is 4.79 Å². The Kier molecular flexibility index (Phi) is 6.08. The molecule has 4 nitrogen and oxygen atoms in total. The number of halogens is 1. The van der Waals surface area contributed by atoms with Gasteiger partial charge in [0.25, 0.3) is 0 Å². The molecule has 2 aliphatic rings. The molecule has 2 heterocycles. The van der Waals surface area contributed by atoms with Crippen molar-refractivity contribution in [2.24, 2.45) is 11.8 Å². The summed E-state index contributed by atoms with van der Waals surface area (Å²) in [7, 11) is 1.66. The van der Waals surface area contributed by atoms with Gasteiger partial charge in [0, 0.05) is 25.6 Å². The highest BCUT2D eigenvalue weighted by molar-refractivity contribution is 5.85. The predicted octanol–water partition coefficient (Wildman–Crippen LogP) is 3.39. The summed E-state index contributed by atoms with van der Waals surface area (Å²) < 4.78 is 5.21. The molecular formula is C22H27ClN2O2. The minimum absolute atomic E-state index is 0. The maximum absolute atomic E-state index is 13.2. The molecule has 0 saturated carbocycles. The zero-order chi connectivity index (χ0) is 18.1. The van der Waals surface area contributed by atoms with E-state index in [1.54, 1.807) is 7.11 Å². The molecule has 0 unspecified atom stereocenters. The molecule has 2 aliphatic heterocycles. The molecule has 3 atom stereocenters. The molecule has 144 valence electrons. The van der Waals surface area contributed by atoms with E-state index in [9.17, 15) is 4.79 Å². The second-order valence-corrected chi connectivity index (χ2v) is 7.45. The molecule has 1 N–H and O–H groups in total. The Hall–Kier alpha value is -2.04. The number of methoxy groups -OCH3 is 1. The molecule has 0 aromatic heterocycles. The standard InChI is InChI=1S/C22H26N2O2.ClH/c1-15-5-3-4-6-19(15)22-20-13-23-12-17(20)14-24(22)21(25)11-16-7-9-18(26-2)10-8-16;/h3-10,17,20,22-23H,11-14H2,1-2H3;1H/t17-,20-,22+;/m0./s1. The van der Waals surface area contributed by atoms with E-state index in [2.05, 4.69) is 41.4 Å². The minimum atomic E-state index is 0. The first-order valence-corrected chi connectivity index (χ1v) is 9.36. The topological polar surface area (TPSA) is 41.6 Å². The van der Waals surface area contributed by atoms with Gasteiger partial charge in [-0.05, 0) is 41.7 Å². The fourth-order valence-electron chi connectivity index (χ4n) is 4.51. The van der Waals surface area contributed by atoms with Crippen molar-refractivity contribution in [3.63, 3.8) is 0 Å². The number of likely N-dealkylation sites (tertiary alicyclic amines) is 1. The number of hydrogen-bond donors (Lipinski definition) is 1. The van der Waals surface area contributed by atoms with E-state index in [0.717, 1.165) is 30.9 Å². The Bertz CT molecular complexity index is 793. The summed E-state index contributed by atoms with van der Waals surface area (Å²) in [6.07, 6.45) is 0.444. The van der Waals surface area contributed by atoms with Crippen molar-refractivity contribution in [2.75, 3.05) is 26.7 Å². The van der Waals surface area contributed by atoms with Crippen LogP contribution >= 0.6 is 12.4 Å². The van der Waals surface area contributed by atoms with Gasteiger partial charge in [0.05, 0.1) is 19.6 Å². The lowest BCUT2D eigenvalue weighted by molar-refractivity contribution is -0.131. The smallest absolute Gasteiger partial charge is 0.227 e. The van der Waals surface area contributed by atoms with Crippen LogP contribution in [0.1, 0.15) is 22.7 Å². The summed E-state index contributed by atoms with van der Waals surface area (Å²) in [6, 6.07) is 16.5. The van der Waals surface area contributed by atoms with Gasteiger partial charge in [0.1, 0.15) is 5.75 Å². The van der Waals surface area contributed by atoms with Crippen LogP contribution in [0.25, 0.3) is 0 Å². The highest BCUT2D eigenvalue weighted by atomic mass is 35.5. The molecule has 4 rings (SSSR count). The summed E-state index contributed by atoms with van der Waals surface area (Å²) in [5.41, 5.74) is 3.61. The lowest BCUT2D eigenvalue weighted by Crippen LogP contribution is -2.36. The Morgan fingerprint density at radius 3 is 2.59 bits per heavy atom. The number of fused-ring (bicyclic) bond motifs is 1. The number of rotatable bonds is 4. The van der Waals surface area contributed by atoms with Crippen LogP contribution in [0.3, 0.4) is 0 Å². The third-order valence-electron chi connectivity index (χ3n) is 5.91. The van der Waals surface area contributed by atoms with Crippen molar-refractivity contribution >= 4 is 18.3 Å². The predicted molar refractivity (Wildman–Crippen MR) is 109 cm³/mol. The largest absolute Gasteiger partial charge is 0.497 e. The first-order valence-electron chi connectivity index (χ1n) is 9.36. The summed E-state index contributed by atoms with van der Waals surface area (Å²) in [5, 5.41) is 3.51. The lowest BCUT2D eigenvalue weighted by atomic mass is 9.87. The molecule has 2 aromatic carbocycles. The van der Waals surface area contributed by atoms with Crippen LogP contribution in [0.2, 0.25) is 0 Å². The molecule has 5 heteroatoms. The van der Waals surface area contributed by atoms with Crippen molar-refractivity contribution in [3.05, 3.63) is 65.2 Å². The summed E-state index contributed by atoms with van der Waals surface area (Å²) in [6.45, 7) is 5.01. The highest BCUT2D eigenvalue weighted by Crippen LogP contribution is 2.43.